The van der Waals surface area contributed by atoms with Crippen LogP contribution in [-0.2, 0) is 9.59 Å². The number of amides is 2. The molecule has 3 N–H and O–H groups in total. The fourth-order valence-electron chi connectivity index (χ4n) is 2.46. The summed E-state index contributed by atoms with van der Waals surface area (Å²) in [5.41, 5.74) is 3.70. The molecule has 0 aliphatic rings. The Labute approximate surface area is 191 Å². The van der Waals surface area contributed by atoms with Crippen LogP contribution >= 0.6 is 11.3 Å². The molecule has 0 aliphatic carbocycles. The van der Waals surface area contributed by atoms with Crippen LogP contribution in [0, 0.1) is 13.8 Å². The first-order valence-electron chi connectivity index (χ1n) is 9.46. The highest BCUT2D eigenvalue weighted by molar-refractivity contribution is 7.12. The topological polar surface area (TPSA) is 113 Å². The van der Waals surface area contributed by atoms with Gasteiger partial charge in [0.25, 0.3) is 5.91 Å². The molecule has 2 amide bonds. The van der Waals surface area contributed by atoms with Crippen LogP contribution in [0.3, 0.4) is 0 Å². The zero-order valence-electron chi connectivity index (χ0n) is 17.8. The number of nitrogens with one attached hydrogen (secondary N) is 2. The Morgan fingerprint density at radius 1 is 1.12 bits per heavy atom. The number of anilines is 1. The van der Waals surface area contributed by atoms with Gasteiger partial charge in [0.05, 0.1) is 16.9 Å². The number of imidazole rings is 1. The van der Waals surface area contributed by atoms with Crippen molar-refractivity contribution in [2.75, 3.05) is 5.32 Å². The summed E-state index contributed by atoms with van der Waals surface area (Å²) in [4.78, 5) is 38.1. The lowest BCUT2D eigenvalue weighted by Gasteiger charge is -2.14. The van der Waals surface area contributed by atoms with Gasteiger partial charge in [-0.2, -0.15) is 13.2 Å². The summed E-state index contributed by atoms with van der Waals surface area (Å²) >= 11 is 1.34. The lowest BCUT2D eigenvalue weighted by atomic mass is 10.2. The normalized spacial score (nSPS) is 11.7. The van der Waals surface area contributed by atoms with Gasteiger partial charge in [0.1, 0.15) is 6.04 Å². The molecule has 0 aliphatic heterocycles. The van der Waals surface area contributed by atoms with E-state index in [-0.39, 0.29) is 11.8 Å². The van der Waals surface area contributed by atoms with Crippen LogP contribution in [0.15, 0.2) is 48.1 Å². The lowest BCUT2D eigenvalue weighted by molar-refractivity contribution is -0.192. The van der Waals surface area contributed by atoms with Crippen molar-refractivity contribution in [1.82, 2.24) is 14.9 Å². The van der Waals surface area contributed by atoms with Crippen LogP contribution in [0.4, 0.5) is 18.9 Å². The standard InChI is InChI=1S/C19H20N4O2S.C2HF3O2/c1-12-14(3)23(11-20-12)16-8-6-15(7-9-16)22-18(24)13(2)21-19(25)17-5-4-10-26-17;3-2(4,5)1(6)7/h4-11,13H,1-3H3,(H,21,25)(H,22,24);(H,6,7). The first-order valence-corrected chi connectivity index (χ1v) is 10.3. The molecule has 2 aromatic heterocycles. The number of aryl methyl sites for hydroxylation is 1. The highest BCUT2D eigenvalue weighted by Gasteiger charge is 2.38. The molecule has 0 saturated heterocycles. The minimum atomic E-state index is -5.08. The highest BCUT2D eigenvalue weighted by Crippen LogP contribution is 2.17. The highest BCUT2D eigenvalue weighted by atomic mass is 32.1. The van der Waals surface area contributed by atoms with Crippen molar-refractivity contribution in [2.24, 2.45) is 0 Å². The van der Waals surface area contributed by atoms with E-state index in [9.17, 15) is 22.8 Å². The van der Waals surface area contributed by atoms with E-state index in [2.05, 4.69) is 15.6 Å². The van der Waals surface area contributed by atoms with Crippen LogP contribution in [0.2, 0.25) is 0 Å². The predicted molar refractivity (Wildman–Crippen MR) is 117 cm³/mol. The van der Waals surface area contributed by atoms with Gasteiger partial charge in [-0.1, -0.05) is 6.07 Å². The molecule has 1 unspecified atom stereocenters. The SMILES string of the molecule is Cc1ncn(-c2ccc(NC(=O)C(C)NC(=O)c3cccs3)cc2)c1C.O=C(O)C(F)(F)F. The summed E-state index contributed by atoms with van der Waals surface area (Å²) in [7, 11) is 0. The number of benzene rings is 1. The van der Waals surface area contributed by atoms with Gasteiger partial charge in [-0.3, -0.25) is 9.59 Å². The molecule has 1 aromatic carbocycles. The number of carbonyl (C=O) groups is 3. The molecule has 0 saturated carbocycles. The molecule has 8 nitrogen and oxygen atoms in total. The van der Waals surface area contributed by atoms with Gasteiger partial charge in [0, 0.05) is 17.1 Å². The third kappa shape index (κ3) is 7.17. The molecule has 0 radical (unpaired) electrons. The van der Waals surface area contributed by atoms with E-state index in [1.54, 1.807) is 25.4 Å². The molecule has 0 fully saturated rings. The van der Waals surface area contributed by atoms with E-state index in [0.717, 1.165) is 17.1 Å². The molecule has 0 bridgehead atoms. The quantitative estimate of drug-likeness (QED) is 0.510. The van der Waals surface area contributed by atoms with Crippen LogP contribution in [-0.4, -0.2) is 44.7 Å². The first kappa shape index (κ1) is 25.6. The zero-order chi connectivity index (χ0) is 24.8. The number of carbonyl (C=O) groups excluding carboxylic acids is 2. The molecule has 2 heterocycles. The second-order valence-corrected chi connectivity index (χ2v) is 7.74. The Hall–Kier alpha value is -3.67. The third-order valence-electron chi connectivity index (χ3n) is 4.39. The van der Waals surface area contributed by atoms with Crippen molar-refractivity contribution in [3.63, 3.8) is 0 Å². The van der Waals surface area contributed by atoms with Crippen LogP contribution in [0.5, 0.6) is 0 Å². The summed E-state index contributed by atoms with van der Waals surface area (Å²) in [6.07, 6.45) is -3.31. The largest absolute Gasteiger partial charge is 0.490 e. The number of alkyl halides is 3. The fraction of sp³-hybridized carbons (Fsp3) is 0.238. The number of halogens is 3. The zero-order valence-corrected chi connectivity index (χ0v) is 18.6. The maximum Gasteiger partial charge on any atom is 0.490 e. The van der Waals surface area contributed by atoms with Gasteiger partial charge in [0.15, 0.2) is 0 Å². The molecule has 12 heteroatoms. The van der Waals surface area contributed by atoms with Crippen molar-refractivity contribution >= 4 is 34.8 Å². The van der Waals surface area contributed by atoms with Crippen LogP contribution in [0.25, 0.3) is 5.69 Å². The molecular formula is C21H21F3N4O4S. The van der Waals surface area contributed by atoms with Crippen molar-refractivity contribution in [2.45, 2.75) is 33.0 Å². The van der Waals surface area contributed by atoms with E-state index in [1.165, 1.54) is 11.3 Å². The summed E-state index contributed by atoms with van der Waals surface area (Å²) in [6, 6.07) is 10.4. The summed E-state index contributed by atoms with van der Waals surface area (Å²) < 4.78 is 33.7. The number of aromatic nitrogens is 2. The van der Waals surface area contributed by atoms with Gasteiger partial charge < -0.3 is 20.3 Å². The second-order valence-electron chi connectivity index (χ2n) is 6.80. The van der Waals surface area contributed by atoms with Gasteiger partial charge in [-0.05, 0) is 56.5 Å². The van der Waals surface area contributed by atoms with E-state index in [1.807, 2.05) is 48.1 Å². The summed E-state index contributed by atoms with van der Waals surface area (Å²) in [6.45, 7) is 5.63. The van der Waals surface area contributed by atoms with E-state index >= 15 is 0 Å². The average Bonchev–Trinajstić information content (AvgIpc) is 3.39. The summed E-state index contributed by atoms with van der Waals surface area (Å²) in [5.74, 6) is -3.27. The van der Waals surface area contributed by atoms with Gasteiger partial charge in [-0.25, -0.2) is 9.78 Å². The Balaban J connectivity index is 0.000000479. The minimum absolute atomic E-state index is 0.246. The fourth-order valence-corrected chi connectivity index (χ4v) is 3.08. The molecule has 3 rings (SSSR count). The first-order chi connectivity index (χ1) is 15.4. The maximum atomic E-state index is 12.3. The van der Waals surface area contributed by atoms with Crippen molar-refractivity contribution in [1.29, 1.82) is 0 Å². The van der Waals surface area contributed by atoms with E-state index < -0.39 is 18.2 Å². The molecule has 3 aromatic rings. The number of rotatable bonds is 5. The van der Waals surface area contributed by atoms with Gasteiger partial charge >= 0.3 is 12.1 Å². The van der Waals surface area contributed by atoms with E-state index in [0.29, 0.717) is 10.6 Å². The molecular weight excluding hydrogens is 461 g/mol. The lowest BCUT2D eigenvalue weighted by Crippen LogP contribution is -2.41. The third-order valence-corrected chi connectivity index (χ3v) is 5.26. The number of thiophene rings is 1. The van der Waals surface area contributed by atoms with Crippen molar-refractivity contribution in [3.8, 4) is 5.69 Å². The Bertz CT molecular complexity index is 1110. The monoisotopic (exact) mass is 482 g/mol. The van der Waals surface area contributed by atoms with Gasteiger partial charge in [0.2, 0.25) is 5.91 Å². The predicted octanol–water partition coefficient (Wildman–Crippen LogP) is 3.94. The van der Waals surface area contributed by atoms with Gasteiger partial charge in [-0.15, -0.1) is 11.3 Å². The van der Waals surface area contributed by atoms with Crippen molar-refractivity contribution < 1.29 is 32.7 Å². The number of carboxylic acids is 1. The minimum Gasteiger partial charge on any atom is -0.475 e. The number of carboxylic acid groups (broad SMARTS) is 1. The molecule has 33 heavy (non-hydrogen) atoms. The number of aliphatic carboxylic acids is 1. The molecule has 1 atom stereocenters. The van der Waals surface area contributed by atoms with Crippen LogP contribution < -0.4 is 10.6 Å². The Morgan fingerprint density at radius 2 is 1.73 bits per heavy atom. The van der Waals surface area contributed by atoms with E-state index in [4.69, 9.17) is 9.90 Å². The smallest absolute Gasteiger partial charge is 0.475 e. The van der Waals surface area contributed by atoms with Crippen LogP contribution in [0.1, 0.15) is 28.0 Å². The second kappa shape index (κ2) is 10.8. The Morgan fingerprint density at radius 3 is 2.18 bits per heavy atom. The summed E-state index contributed by atoms with van der Waals surface area (Å²) in [5, 5.41) is 14.5. The number of hydrogen-bond donors (Lipinski definition) is 3. The van der Waals surface area contributed by atoms with Crippen molar-refractivity contribution in [3.05, 3.63) is 64.4 Å². The Kier molecular flexibility index (Phi) is 8.35. The number of hydrogen-bond acceptors (Lipinski definition) is 5. The maximum absolute atomic E-state index is 12.3. The average molecular weight is 482 g/mol. The number of nitrogens with zero attached hydrogens (tertiary/aromatic N) is 2. The molecule has 0 spiro atoms. The molecule has 176 valence electrons.